The second kappa shape index (κ2) is 3.98. The molecule has 3 N–H and O–H groups in total. The summed E-state index contributed by atoms with van der Waals surface area (Å²) in [6, 6.07) is 0. The van der Waals surface area contributed by atoms with E-state index in [0.717, 1.165) is 0 Å². The Morgan fingerprint density at radius 1 is 1.53 bits per heavy atom. The first-order valence-electron chi connectivity index (χ1n) is 5.17. The third-order valence-electron chi connectivity index (χ3n) is 3.33. The number of carboxylic acid groups (broad SMARTS) is 1. The summed E-state index contributed by atoms with van der Waals surface area (Å²) in [6.45, 7) is 7.26. The number of nitrogens with one attached hydrogen (secondary N) is 1. The molecule has 0 bridgehead atoms. The predicted octanol–water partition coefficient (Wildman–Crippen LogP) is 0.347. The molecule has 1 atom stereocenters. The molecule has 1 aliphatic heterocycles. The number of aliphatic hydroxyl groups is 1. The molecular weight excluding hydrogens is 196 g/mol. The Labute approximate surface area is 90.1 Å². The topological polar surface area (TPSA) is 72.8 Å². The monoisotopic (exact) mass is 216 g/mol. The lowest BCUT2D eigenvalue weighted by atomic mass is 9.72. The van der Waals surface area contributed by atoms with Gasteiger partial charge in [-0.05, 0) is 5.41 Å². The molecule has 0 spiro atoms. The fraction of sp³-hybridized carbons (Fsp3) is 0.900. The molecule has 1 fully saturated rings. The first kappa shape index (κ1) is 12.3. The normalized spacial score (nSPS) is 27.9. The minimum atomic E-state index is -0.958. The van der Waals surface area contributed by atoms with Crippen LogP contribution in [0.25, 0.3) is 0 Å². The SMILES string of the molecule is CC(C)(C)[C@]1(CO)CNCCN1C(=O)O. The van der Waals surface area contributed by atoms with E-state index in [1.54, 1.807) is 0 Å². The van der Waals surface area contributed by atoms with E-state index in [-0.39, 0.29) is 12.0 Å². The fourth-order valence-electron chi connectivity index (χ4n) is 2.12. The van der Waals surface area contributed by atoms with Gasteiger partial charge in [0.25, 0.3) is 0 Å². The number of aliphatic hydroxyl groups excluding tert-OH is 1. The van der Waals surface area contributed by atoms with Crippen molar-refractivity contribution in [2.75, 3.05) is 26.2 Å². The lowest BCUT2D eigenvalue weighted by Gasteiger charge is -2.52. The Hall–Kier alpha value is -0.810. The van der Waals surface area contributed by atoms with Crippen molar-refractivity contribution >= 4 is 6.09 Å². The molecule has 0 aromatic heterocycles. The van der Waals surface area contributed by atoms with E-state index in [2.05, 4.69) is 5.32 Å². The highest BCUT2D eigenvalue weighted by molar-refractivity contribution is 5.66. The molecule has 0 radical (unpaired) electrons. The molecule has 0 aromatic rings. The average Bonchev–Trinajstić information content (AvgIpc) is 2.15. The molecule has 0 unspecified atom stereocenters. The van der Waals surface area contributed by atoms with Gasteiger partial charge in [-0.3, -0.25) is 4.90 Å². The average molecular weight is 216 g/mol. The van der Waals surface area contributed by atoms with Gasteiger partial charge in [0.2, 0.25) is 0 Å². The maximum atomic E-state index is 11.2. The number of piperazine rings is 1. The zero-order valence-electron chi connectivity index (χ0n) is 9.58. The second-order valence-electron chi connectivity index (χ2n) is 5.05. The van der Waals surface area contributed by atoms with E-state index in [1.807, 2.05) is 20.8 Å². The third kappa shape index (κ3) is 1.94. The molecule has 88 valence electrons. The van der Waals surface area contributed by atoms with Crippen molar-refractivity contribution < 1.29 is 15.0 Å². The Balaban J connectivity index is 3.07. The van der Waals surface area contributed by atoms with Crippen LogP contribution in [-0.2, 0) is 0 Å². The van der Waals surface area contributed by atoms with Crippen LogP contribution in [0.1, 0.15) is 20.8 Å². The van der Waals surface area contributed by atoms with Crippen LogP contribution < -0.4 is 5.32 Å². The van der Waals surface area contributed by atoms with E-state index in [0.29, 0.717) is 19.6 Å². The molecule has 1 aliphatic rings. The van der Waals surface area contributed by atoms with Gasteiger partial charge >= 0.3 is 6.09 Å². The van der Waals surface area contributed by atoms with E-state index < -0.39 is 11.6 Å². The molecular formula is C10H20N2O3. The molecule has 1 heterocycles. The summed E-state index contributed by atoms with van der Waals surface area (Å²) in [5.74, 6) is 0. The molecule has 1 saturated heterocycles. The van der Waals surface area contributed by atoms with Crippen molar-refractivity contribution in [3.63, 3.8) is 0 Å². The maximum absolute atomic E-state index is 11.2. The smallest absolute Gasteiger partial charge is 0.407 e. The molecule has 0 saturated carbocycles. The Bertz CT molecular complexity index is 250. The molecule has 15 heavy (non-hydrogen) atoms. The second-order valence-corrected chi connectivity index (χ2v) is 5.05. The Kier molecular flexibility index (Phi) is 3.25. The van der Waals surface area contributed by atoms with Gasteiger partial charge in [0.05, 0.1) is 12.1 Å². The number of rotatable bonds is 1. The van der Waals surface area contributed by atoms with Crippen LogP contribution in [0.5, 0.6) is 0 Å². The first-order chi connectivity index (χ1) is 6.85. The highest BCUT2D eigenvalue weighted by atomic mass is 16.4. The summed E-state index contributed by atoms with van der Waals surface area (Å²) in [6.07, 6.45) is -0.958. The van der Waals surface area contributed by atoms with Crippen LogP contribution in [0.4, 0.5) is 4.79 Å². The zero-order valence-corrected chi connectivity index (χ0v) is 9.58. The first-order valence-corrected chi connectivity index (χ1v) is 5.17. The van der Waals surface area contributed by atoms with Crippen LogP contribution in [0.3, 0.4) is 0 Å². The summed E-state index contributed by atoms with van der Waals surface area (Å²) in [4.78, 5) is 12.5. The molecule has 1 rings (SSSR count). The summed E-state index contributed by atoms with van der Waals surface area (Å²) in [7, 11) is 0. The van der Waals surface area contributed by atoms with Crippen molar-refractivity contribution in [3.05, 3.63) is 0 Å². The van der Waals surface area contributed by atoms with Crippen LogP contribution in [-0.4, -0.2) is 53.0 Å². The zero-order chi connectivity index (χ0) is 11.7. The highest BCUT2D eigenvalue weighted by Crippen LogP contribution is 2.36. The van der Waals surface area contributed by atoms with Crippen LogP contribution in [0, 0.1) is 5.41 Å². The van der Waals surface area contributed by atoms with Crippen molar-refractivity contribution in [3.8, 4) is 0 Å². The summed E-state index contributed by atoms with van der Waals surface area (Å²) in [5.41, 5.74) is -1.02. The fourth-order valence-corrected chi connectivity index (χ4v) is 2.12. The number of amides is 1. The van der Waals surface area contributed by atoms with Gasteiger partial charge in [0, 0.05) is 19.6 Å². The lowest BCUT2D eigenvalue weighted by Crippen LogP contribution is -2.70. The largest absolute Gasteiger partial charge is 0.465 e. The van der Waals surface area contributed by atoms with Crippen molar-refractivity contribution in [2.45, 2.75) is 26.3 Å². The van der Waals surface area contributed by atoms with Crippen LogP contribution in [0.2, 0.25) is 0 Å². The van der Waals surface area contributed by atoms with Gasteiger partial charge in [-0.2, -0.15) is 0 Å². The molecule has 1 amide bonds. The van der Waals surface area contributed by atoms with Crippen molar-refractivity contribution in [2.24, 2.45) is 5.41 Å². The third-order valence-corrected chi connectivity index (χ3v) is 3.33. The highest BCUT2D eigenvalue weighted by Gasteiger charge is 2.49. The summed E-state index contributed by atoms with van der Waals surface area (Å²) in [5, 5.41) is 21.9. The van der Waals surface area contributed by atoms with Gasteiger partial charge < -0.3 is 15.5 Å². The molecule has 0 aliphatic carbocycles. The van der Waals surface area contributed by atoms with Crippen LogP contribution >= 0.6 is 0 Å². The van der Waals surface area contributed by atoms with Gasteiger partial charge in [-0.1, -0.05) is 20.8 Å². The van der Waals surface area contributed by atoms with Gasteiger partial charge in [0.15, 0.2) is 0 Å². The van der Waals surface area contributed by atoms with Crippen molar-refractivity contribution in [1.29, 1.82) is 0 Å². The number of nitrogens with zero attached hydrogens (tertiary/aromatic N) is 1. The molecule has 5 heteroatoms. The minimum absolute atomic E-state index is 0.157. The van der Waals surface area contributed by atoms with Gasteiger partial charge in [-0.25, -0.2) is 4.79 Å². The van der Waals surface area contributed by atoms with E-state index >= 15 is 0 Å². The number of carbonyl (C=O) groups is 1. The van der Waals surface area contributed by atoms with Crippen LogP contribution in [0.15, 0.2) is 0 Å². The summed E-state index contributed by atoms with van der Waals surface area (Å²) >= 11 is 0. The Morgan fingerprint density at radius 2 is 2.13 bits per heavy atom. The van der Waals surface area contributed by atoms with Gasteiger partial charge in [0.1, 0.15) is 0 Å². The predicted molar refractivity (Wildman–Crippen MR) is 56.9 cm³/mol. The maximum Gasteiger partial charge on any atom is 0.407 e. The number of hydrogen-bond donors (Lipinski definition) is 3. The standard InChI is InChI=1S/C10H20N2O3/c1-9(2,3)10(7-13)6-11-4-5-12(10)8(14)15/h11,13H,4-7H2,1-3H3,(H,14,15)/t10-/m1/s1. The molecule has 0 aromatic carbocycles. The van der Waals surface area contributed by atoms with Crippen molar-refractivity contribution in [1.82, 2.24) is 10.2 Å². The Morgan fingerprint density at radius 3 is 2.47 bits per heavy atom. The van der Waals surface area contributed by atoms with E-state index in [9.17, 15) is 9.90 Å². The number of hydrogen-bond acceptors (Lipinski definition) is 3. The lowest BCUT2D eigenvalue weighted by molar-refractivity contribution is -0.0490. The van der Waals surface area contributed by atoms with Gasteiger partial charge in [-0.15, -0.1) is 0 Å². The summed E-state index contributed by atoms with van der Waals surface area (Å²) < 4.78 is 0. The quantitative estimate of drug-likeness (QED) is 0.591. The van der Waals surface area contributed by atoms with E-state index in [1.165, 1.54) is 4.90 Å². The molecule has 5 nitrogen and oxygen atoms in total. The van der Waals surface area contributed by atoms with E-state index in [4.69, 9.17) is 5.11 Å². The minimum Gasteiger partial charge on any atom is -0.465 e.